The van der Waals surface area contributed by atoms with Gasteiger partial charge in [0.2, 0.25) is 0 Å². The molecule has 2 saturated carbocycles. The largest absolute Gasteiger partial charge is 0.272 e. The summed E-state index contributed by atoms with van der Waals surface area (Å²) < 4.78 is 0. The first-order chi connectivity index (χ1) is 14.9. The monoisotopic (exact) mass is 432 g/mol. The van der Waals surface area contributed by atoms with E-state index in [-0.39, 0.29) is 41.4 Å². The molecular weight excluding hydrogens is 408 g/mol. The van der Waals surface area contributed by atoms with Crippen LogP contribution < -0.4 is 0 Å². The molecule has 1 aromatic carbocycles. The van der Waals surface area contributed by atoms with E-state index in [9.17, 15) is 14.4 Å². The number of allylic oxidation sites excluding steroid dienone is 2. The summed E-state index contributed by atoms with van der Waals surface area (Å²) in [5.41, 5.74) is 4.02. The minimum absolute atomic E-state index is 0.159. The van der Waals surface area contributed by atoms with Crippen molar-refractivity contribution in [2.45, 2.75) is 20.3 Å². The summed E-state index contributed by atoms with van der Waals surface area (Å²) in [6.45, 7) is 4.26. The van der Waals surface area contributed by atoms with Gasteiger partial charge in [-0.3, -0.25) is 14.4 Å². The van der Waals surface area contributed by atoms with E-state index in [0.717, 1.165) is 21.9 Å². The number of rotatable bonds is 3. The van der Waals surface area contributed by atoms with Crippen LogP contribution in [-0.2, 0) is 9.59 Å². The standard InChI is InChI=1S/C25H24N2O3S/c1-12-13(2)20-17-11-16(17)19(12)21-22(20)25(30)27(24(21)29)26(3)23(28)15-7-4-6-14(10-15)18-8-5-9-31-18/h4-10,16-17,19-22H,11H2,1-3H3. The van der Waals surface area contributed by atoms with E-state index in [0.29, 0.717) is 17.4 Å². The fraction of sp³-hybridized carbons (Fsp3) is 0.400. The van der Waals surface area contributed by atoms with Crippen LogP contribution in [0.15, 0.2) is 52.9 Å². The summed E-state index contributed by atoms with van der Waals surface area (Å²) in [6.07, 6.45) is 1.13. The zero-order valence-electron chi connectivity index (χ0n) is 17.7. The first kappa shape index (κ1) is 19.0. The Kier molecular flexibility index (Phi) is 3.91. The van der Waals surface area contributed by atoms with Crippen LogP contribution in [0.1, 0.15) is 30.6 Å². The molecule has 0 radical (unpaired) electrons. The third-order valence-corrected chi connectivity index (χ3v) is 9.01. The molecule has 3 amide bonds. The number of hydrogen-bond acceptors (Lipinski definition) is 4. The maximum atomic E-state index is 13.5. The average molecular weight is 433 g/mol. The van der Waals surface area contributed by atoms with Gasteiger partial charge in [0.15, 0.2) is 0 Å². The predicted molar refractivity (Wildman–Crippen MR) is 118 cm³/mol. The lowest BCUT2D eigenvalue weighted by Crippen LogP contribution is -2.48. The Labute approximate surface area is 185 Å². The van der Waals surface area contributed by atoms with E-state index in [2.05, 4.69) is 13.8 Å². The van der Waals surface area contributed by atoms with Gasteiger partial charge in [-0.25, -0.2) is 5.01 Å². The molecule has 4 aliphatic carbocycles. The Morgan fingerprint density at radius 3 is 2.19 bits per heavy atom. The SMILES string of the molecule is CC1=C(C)C2C3CC3C1C1C(=O)N(N(C)C(=O)c3cccc(-c4cccs4)c3)C(=O)C21. The van der Waals surface area contributed by atoms with Gasteiger partial charge < -0.3 is 0 Å². The second kappa shape index (κ2) is 6.39. The van der Waals surface area contributed by atoms with E-state index in [1.165, 1.54) is 16.2 Å². The number of hydrazine groups is 1. The van der Waals surface area contributed by atoms with Gasteiger partial charge in [0.05, 0.1) is 11.8 Å². The lowest BCUT2D eigenvalue weighted by molar-refractivity contribution is -0.153. The minimum atomic E-state index is -0.335. The van der Waals surface area contributed by atoms with Crippen molar-refractivity contribution in [2.24, 2.45) is 35.5 Å². The molecule has 6 unspecified atom stereocenters. The van der Waals surface area contributed by atoms with Gasteiger partial charge in [-0.15, -0.1) is 11.3 Å². The van der Waals surface area contributed by atoms with Gasteiger partial charge in [0, 0.05) is 17.5 Å². The Balaban J connectivity index is 1.31. The smallest absolute Gasteiger partial charge is 0.272 e. The Morgan fingerprint density at radius 2 is 1.61 bits per heavy atom. The van der Waals surface area contributed by atoms with Gasteiger partial charge >= 0.3 is 0 Å². The Bertz CT molecular complexity index is 1130. The lowest BCUT2D eigenvalue weighted by Gasteiger charge is -2.44. The zero-order valence-corrected chi connectivity index (χ0v) is 18.6. The molecule has 5 nitrogen and oxygen atoms in total. The molecular formula is C25H24N2O3S. The summed E-state index contributed by atoms with van der Waals surface area (Å²) in [6, 6.07) is 11.4. The maximum absolute atomic E-state index is 13.5. The van der Waals surface area contributed by atoms with E-state index < -0.39 is 0 Å². The van der Waals surface area contributed by atoms with Crippen molar-refractivity contribution < 1.29 is 14.4 Å². The molecule has 31 heavy (non-hydrogen) atoms. The molecule has 1 aromatic heterocycles. The van der Waals surface area contributed by atoms with Gasteiger partial charge in [-0.05, 0) is 73.1 Å². The molecule has 2 aromatic rings. The molecule has 6 heteroatoms. The van der Waals surface area contributed by atoms with Crippen LogP contribution in [-0.4, -0.2) is 34.8 Å². The predicted octanol–water partition coefficient (Wildman–Crippen LogP) is 4.24. The molecule has 2 bridgehead atoms. The van der Waals surface area contributed by atoms with Crippen molar-refractivity contribution in [3.8, 4) is 10.4 Å². The van der Waals surface area contributed by atoms with Crippen LogP contribution >= 0.6 is 11.3 Å². The third-order valence-electron chi connectivity index (χ3n) is 8.09. The first-order valence-electron chi connectivity index (χ1n) is 10.9. The molecule has 158 valence electrons. The molecule has 2 heterocycles. The summed E-state index contributed by atoms with van der Waals surface area (Å²) in [5.74, 6) is 0.0392. The van der Waals surface area contributed by atoms with E-state index >= 15 is 0 Å². The van der Waals surface area contributed by atoms with E-state index in [1.54, 1.807) is 24.5 Å². The Hall–Kier alpha value is -2.73. The van der Waals surface area contributed by atoms with Crippen molar-refractivity contribution in [3.05, 3.63) is 58.5 Å². The van der Waals surface area contributed by atoms with Crippen molar-refractivity contribution in [3.63, 3.8) is 0 Å². The number of carbonyl (C=O) groups excluding carboxylic acids is 3. The molecule has 7 rings (SSSR count). The van der Waals surface area contributed by atoms with Crippen LogP contribution in [0.5, 0.6) is 0 Å². The van der Waals surface area contributed by atoms with Crippen molar-refractivity contribution in [1.82, 2.24) is 10.0 Å². The highest BCUT2D eigenvalue weighted by atomic mass is 32.1. The third kappa shape index (κ3) is 2.45. The Morgan fingerprint density at radius 1 is 0.968 bits per heavy atom. The van der Waals surface area contributed by atoms with Crippen LogP contribution in [0.3, 0.4) is 0 Å². The summed E-state index contributed by atoms with van der Waals surface area (Å²) in [7, 11) is 1.54. The van der Waals surface area contributed by atoms with Crippen LogP contribution in [0.4, 0.5) is 0 Å². The molecule has 0 spiro atoms. The highest BCUT2D eigenvalue weighted by molar-refractivity contribution is 7.13. The summed E-state index contributed by atoms with van der Waals surface area (Å²) >= 11 is 1.61. The molecule has 6 atom stereocenters. The number of nitrogens with zero attached hydrogens (tertiary/aromatic N) is 2. The van der Waals surface area contributed by atoms with Gasteiger partial charge in [-0.1, -0.05) is 29.3 Å². The lowest BCUT2D eigenvalue weighted by atomic mass is 9.57. The second-order valence-corrected chi connectivity index (χ2v) is 10.4. The van der Waals surface area contributed by atoms with Gasteiger partial charge in [0.1, 0.15) is 0 Å². The molecule has 1 aliphatic heterocycles. The molecule has 3 fully saturated rings. The second-order valence-electron chi connectivity index (χ2n) is 9.41. The van der Waals surface area contributed by atoms with Crippen LogP contribution in [0.25, 0.3) is 10.4 Å². The fourth-order valence-electron chi connectivity index (χ4n) is 6.57. The maximum Gasteiger partial charge on any atom is 0.272 e. The van der Waals surface area contributed by atoms with Crippen molar-refractivity contribution in [1.29, 1.82) is 0 Å². The normalized spacial score (nSPS) is 32.9. The number of carbonyl (C=O) groups is 3. The van der Waals surface area contributed by atoms with Gasteiger partial charge in [-0.2, -0.15) is 5.01 Å². The quantitative estimate of drug-likeness (QED) is 0.539. The average Bonchev–Trinajstić information content (AvgIpc) is 3.29. The number of imide groups is 1. The summed E-state index contributed by atoms with van der Waals surface area (Å²) in [4.78, 5) is 41.3. The number of benzene rings is 1. The topological polar surface area (TPSA) is 57.7 Å². The molecule has 1 saturated heterocycles. The molecule has 5 aliphatic rings. The number of thiophene rings is 1. The highest BCUT2D eigenvalue weighted by Gasteiger charge is 2.70. The number of amides is 3. The van der Waals surface area contributed by atoms with E-state index in [1.807, 2.05) is 35.7 Å². The number of hydrogen-bond donors (Lipinski definition) is 0. The van der Waals surface area contributed by atoms with Crippen LogP contribution in [0, 0.1) is 35.5 Å². The molecule has 0 N–H and O–H groups in total. The summed E-state index contributed by atoms with van der Waals surface area (Å²) in [5, 5.41) is 4.38. The van der Waals surface area contributed by atoms with Crippen molar-refractivity contribution in [2.75, 3.05) is 7.05 Å². The van der Waals surface area contributed by atoms with Crippen molar-refractivity contribution >= 4 is 29.1 Å². The van der Waals surface area contributed by atoms with E-state index in [4.69, 9.17) is 0 Å². The highest BCUT2D eigenvalue weighted by Crippen LogP contribution is 2.69. The fourth-order valence-corrected chi connectivity index (χ4v) is 7.30. The zero-order chi connectivity index (χ0) is 21.6. The minimum Gasteiger partial charge on any atom is -0.272 e. The van der Waals surface area contributed by atoms with Crippen LogP contribution in [0.2, 0.25) is 0 Å². The first-order valence-corrected chi connectivity index (χ1v) is 11.7. The van der Waals surface area contributed by atoms with Gasteiger partial charge in [0.25, 0.3) is 17.7 Å².